The van der Waals surface area contributed by atoms with Gasteiger partial charge in [0.15, 0.2) is 5.78 Å². The maximum Gasteiger partial charge on any atom is 0.409 e. The third-order valence-corrected chi connectivity index (χ3v) is 6.09. The van der Waals surface area contributed by atoms with Gasteiger partial charge in [-0.3, -0.25) is 14.5 Å². The molecule has 0 aliphatic carbocycles. The zero-order chi connectivity index (χ0) is 20.9. The van der Waals surface area contributed by atoms with Crippen LogP contribution in [0.15, 0.2) is 42.5 Å². The van der Waals surface area contributed by atoms with E-state index in [0.717, 1.165) is 5.56 Å². The van der Waals surface area contributed by atoms with Crippen LogP contribution in [-0.4, -0.2) is 57.0 Å². The molecule has 1 amide bonds. The summed E-state index contributed by atoms with van der Waals surface area (Å²) < 4.78 is 4.00. The third kappa shape index (κ3) is 5.36. The molecule has 1 aromatic carbocycles. The first-order valence-electron chi connectivity index (χ1n) is 8.85. The van der Waals surface area contributed by atoms with Crippen LogP contribution in [0.25, 0.3) is 0 Å². The van der Waals surface area contributed by atoms with Gasteiger partial charge in [-0.15, -0.1) is 11.8 Å². The van der Waals surface area contributed by atoms with Crippen molar-refractivity contribution < 1.29 is 29.3 Å². The number of amides is 1. The van der Waals surface area contributed by atoms with Gasteiger partial charge in [-0.2, -0.15) is 0 Å². The van der Waals surface area contributed by atoms with Crippen molar-refractivity contribution in [3.63, 3.8) is 0 Å². The van der Waals surface area contributed by atoms with Gasteiger partial charge in [0.05, 0.1) is 25.7 Å². The van der Waals surface area contributed by atoms with Gasteiger partial charge in [0.1, 0.15) is 5.37 Å². The van der Waals surface area contributed by atoms with Crippen LogP contribution in [0.3, 0.4) is 0 Å². The monoisotopic (exact) mass is 407 g/mol. The Kier molecular flexibility index (Phi) is 7.26. The molecule has 0 radical (unpaired) electrons. The molecule has 2 rings (SSSR count). The van der Waals surface area contributed by atoms with E-state index < -0.39 is 29.0 Å². The Balaban J connectivity index is 2.15. The molecule has 2 N–H and O–H groups in total. The number of methoxy groups -OCH3 is 1. The lowest BCUT2D eigenvalue weighted by Gasteiger charge is -2.28. The number of carbonyl (C=O) groups is 3. The second kappa shape index (κ2) is 9.25. The number of hydrogen-bond donors (Lipinski definition) is 2. The van der Waals surface area contributed by atoms with Gasteiger partial charge in [0.25, 0.3) is 0 Å². The van der Waals surface area contributed by atoms with Crippen LogP contribution < -0.4 is 0 Å². The summed E-state index contributed by atoms with van der Waals surface area (Å²) in [5, 5.41) is 19.2. The topological polar surface area (TPSA) is 104 Å². The lowest BCUT2D eigenvalue weighted by molar-refractivity contribution is -0.143. The molecule has 1 aliphatic heterocycles. The predicted octanol–water partition coefficient (Wildman–Crippen LogP) is 3.00. The maximum atomic E-state index is 12.1. The van der Waals surface area contributed by atoms with E-state index in [-0.39, 0.29) is 24.0 Å². The summed E-state index contributed by atoms with van der Waals surface area (Å²) in [6.07, 6.45) is 0.149. The molecule has 1 aliphatic rings. The Morgan fingerprint density at radius 3 is 2.46 bits per heavy atom. The van der Waals surface area contributed by atoms with Gasteiger partial charge in [0, 0.05) is 11.2 Å². The van der Waals surface area contributed by atoms with Crippen molar-refractivity contribution in [2.45, 2.75) is 49.0 Å². The second-order valence-electron chi connectivity index (χ2n) is 7.08. The lowest BCUT2D eigenvalue weighted by Crippen LogP contribution is -2.42. The van der Waals surface area contributed by atoms with Crippen LogP contribution in [-0.2, 0) is 14.3 Å². The van der Waals surface area contributed by atoms with Crippen LogP contribution >= 0.6 is 11.8 Å². The quantitative estimate of drug-likeness (QED) is 0.529. The number of esters is 1. The van der Waals surface area contributed by atoms with Crippen molar-refractivity contribution in [3.8, 4) is 0 Å². The van der Waals surface area contributed by atoms with Crippen LogP contribution in [0.1, 0.15) is 37.6 Å². The number of carbonyl (C=O) groups excluding carboxylic acids is 2. The Labute approximate surface area is 168 Å². The molecule has 1 saturated heterocycles. The minimum atomic E-state index is -1.14. The fourth-order valence-corrected chi connectivity index (χ4v) is 4.67. The molecule has 7 nitrogen and oxygen atoms in total. The molecule has 28 heavy (non-hydrogen) atoms. The normalized spacial score (nSPS) is 22.2. The second-order valence-corrected chi connectivity index (χ2v) is 8.82. The average Bonchev–Trinajstić information content (AvgIpc) is 2.91. The summed E-state index contributed by atoms with van der Waals surface area (Å²) in [5.74, 6) is -0.980. The highest BCUT2D eigenvalue weighted by Gasteiger charge is 2.49. The highest BCUT2D eigenvalue weighted by Crippen LogP contribution is 2.52. The van der Waals surface area contributed by atoms with Gasteiger partial charge < -0.3 is 14.9 Å². The van der Waals surface area contributed by atoms with Crippen molar-refractivity contribution in [3.05, 3.63) is 48.0 Å². The van der Waals surface area contributed by atoms with Crippen molar-refractivity contribution in [2.75, 3.05) is 7.11 Å². The predicted molar refractivity (Wildman–Crippen MR) is 106 cm³/mol. The Bertz CT molecular complexity index is 748. The zero-order valence-corrected chi connectivity index (χ0v) is 16.9. The van der Waals surface area contributed by atoms with Crippen molar-refractivity contribution in [2.24, 2.45) is 0 Å². The van der Waals surface area contributed by atoms with E-state index in [4.69, 9.17) is 0 Å². The summed E-state index contributed by atoms with van der Waals surface area (Å²) in [6, 6.07) is 8.82. The van der Waals surface area contributed by atoms with Gasteiger partial charge in [-0.05, 0) is 25.5 Å². The Hall–Kier alpha value is -2.32. The van der Waals surface area contributed by atoms with Crippen molar-refractivity contribution in [1.82, 2.24) is 4.90 Å². The van der Waals surface area contributed by atoms with E-state index in [1.54, 1.807) is 6.08 Å². The molecule has 1 heterocycles. The molecular formula is C20H25NO6S. The summed E-state index contributed by atoms with van der Waals surface area (Å²) in [5.41, 5.74) is 0.874. The fraction of sp³-hybridized carbons (Fsp3) is 0.450. The van der Waals surface area contributed by atoms with Gasteiger partial charge >= 0.3 is 12.1 Å². The van der Waals surface area contributed by atoms with E-state index in [1.165, 1.54) is 29.8 Å². The molecule has 152 valence electrons. The zero-order valence-electron chi connectivity index (χ0n) is 16.1. The van der Waals surface area contributed by atoms with E-state index in [1.807, 2.05) is 44.2 Å². The van der Waals surface area contributed by atoms with Gasteiger partial charge in [0.2, 0.25) is 0 Å². The smallest absolute Gasteiger partial charge is 0.409 e. The number of hydrogen-bond acceptors (Lipinski definition) is 6. The van der Waals surface area contributed by atoms with Crippen molar-refractivity contribution in [1.29, 1.82) is 0 Å². The number of benzene rings is 1. The largest absolute Gasteiger partial charge is 0.469 e. The maximum absolute atomic E-state index is 12.1. The van der Waals surface area contributed by atoms with E-state index >= 15 is 0 Å². The lowest BCUT2D eigenvalue weighted by atomic mass is 9.99. The fourth-order valence-electron chi connectivity index (χ4n) is 3.13. The first-order chi connectivity index (χ1) is 13.2. The number of carboxylic acid groups (broad SMARTS) is 1. The number of aliphatic hydroxyl groups excluding tert-OH is 1. The minimum Gasteiger partial charge on any atom is -0.469 e. The number of ether oxygens (including phenoxy) is 1. The first kappa shape index (κ1) is 22.0. The molecule has 8 heteroatoms. The molecule has 0 saturated carbocycles. The number of aliphatic hydroxyl groups is 1. The van der Waals surface area contributed by atoms with Crippen molar-refractivity contribution >= 4 is 29.6 Å². The van der Waals surface area contributed by atoms with Crippen LogP contribution in [0, 0.1) is 0 Å². The van der Waals surface area contributed by atoms with E-state index in [9.17, 15) is 24.6 Å². The SMILES string of the molecule is COC(=O)C[C@H](O)CC(=O)/C=C/[C@@H]1N(C(=O)O)C(c2ccccc2)SC1(C)C. The number of rotatable bonds is 7. The van der Waals surface area contributed by atoms with Crippen LogP contribution in [0.5, 0.6) is 0 Å². The molecule has 1 fully saturated rings. The Morgan fingerprint density at radius 1 is 1.25 bits per heavy atom. The number of thioether (sulfide) groups is 1. The van der Waals surface area contributed by atoms with Crippen LogP contribution in [0.2, 0.25) is 0 Å². The number of nitrogens with zero attached hydrogens (tertiary/aromatic N) is 1. The third-order valence-electron chi connectivity index (χ3n) is 4.52. The molecular weight excluding hydrogens is 382 g/mol. The van der Waals surface area contributed by atoms with Crippen LogP contribution in [0.4, 0.5) is 4.79 Å². The molecule has 3 atom stereocenters. The van der Waals surface area contributed by atoms with E-state index in [0.29, 0.717) is 0 Å². The average molecular weight is 407 g/mol. The minimum absolute atomic E-state index is 0.235. The number of allylic oxidation sites excluding steroid dienone is 1. The molecule has 0 aromatic heterocycles. The molecule has 1 unspecified atom stereocenters. The summed E-state index contributed by atoms with van der Waals surface area (Å²) in [4.78, 5) is 36.6. The summed E-state index contributed by atoms with van der Waals surface area (Å²) >= 11 is 1.51. The summed E-state index contributed by atoms with van der Waals surface area (Å²) in [7, 11) is 1.21. The highest BCUT2D eigenvalue weighted by atomic mass is 32.2. The van der Waals surface area contributed by atoms with E-state index in [2.05, 4.69) is 4.74 Å². The first-order valence-corrected chi connectivity index (χ1v) is 9.73. The highest BCUT2D eigenvalue weighted by molar-refractivity contribution is 8.01. The van der Waals surface area contributed by atoms with Gasteiger partial charge in [-0.1, -0.05) is 36.4 Å². The Morgan fingerprint density at radius 2 is 1.89 bits per heavy atom. The van der Waals surface area contributed by atoms with Gasteiger partial charge in [-0.25, -0.2) is 4.79 Å². The molecule has 0 bridgehead atoms. The summed E-state index contributed by atoms with van der Waals surface area (Å²) in [6.45, 7) is 3.87. The number of ketones is 1. The molecule has 1 aromatic rings. The standard InChI is InChI=1S/C20H25NO6S/c1-20(2)16(10-9-14(22)11-15(23)12-17(24)27-3)21(19(25)26)18(28-20)13-7-5-4-6-8-13/h4-10,15-16,18,23H,11-12H2,1-3H3,(H,25,26)/b10-9+/t15-,16+,18?/m1/s1. The molecule has 0 spiro atoms.